The van der Waals surface area contributed by atoms with Crippen LogP contribution in [-0.2, 0) is 0 Å². The predicted octanol–water partition coefficient (Wildman–Crippen LogP) is 4.92. The van der Waals surface area contributed by atoms with Crippen LogP contribution >= 0.6 is 0 Å². The van der Waals surface area contributed by atoms with Crippen LogP contribution in [0.15, 0.2) is 35.1 Å². The van der Waals surface area contributed by atoms with Crippen LogP contribution < -0.4 is 0 Å². The van der Waals surface area contributed by atoms with Crippen molar-refractivity contribution in [1.29, 1.82) is 0 Å². The summed E-state index contributed by atoms with van der Waals surface area (Å²) in [4.78, 5) is 0. The third-order valence-electron chi connectivity index (χ3n) is 3.14. The summed E-state index contributed by atoms with van der Waals surface area (Å²) < 4.78 is 0. The van der Waals surface area contributed by atoms with Gasteiger partial charge >= 0.3 is 0 Å². The van der Waals surface area contributed by atoms with Gasteiger partial charge in [-0.25, -0.2) is 0 Å². The molecule has 1 rings (SSSR count). The highest BCUT2D eigenvalue weighted by Gasteiger charge is 2.17. The highest BCUT2D eigenvalue weighted by Crippen LogP contribution is 2.29. The maximum absolute atomic E-state index is 10.0. The number of hydrogen-bond donors (Lipinski definition) is 1. The fraction of sp³-hybridized carbons (Fsp3) is 0.600. The van der Waals surface area contributed by atoms with Gasteiger partial charge in [-0.2, -0.15) is 0 Å². The first-order valence-electron chi connectivity index (χ1n) is 6.12. The van der Waals surface area contributed by atoms with Crippen molar-refractivity contribution >= 4 is 0 Å². The number of aliphatic hydroxyl groups is 1. The number of aliphatic hydroxyl groups excluding tert-OH is 1. The SMILES string of the molecule is C/C1=C\CC/C(C)=C(/O)CC(C)(C)/C=C/C1. The van der Waals surface area contributed by atoms with Gasteiger partial charge in [0.05, 0.1) is 5.76 Å². The lowest BCUT2D eigenvalue weighted by Gasteiger charge is -2.20. The van der Waals surface area contributed by atoms with Gasteiger partial charge in [0.1, 0.15) is 0 Å². The quantitative estimate of drug-likeness (QED) is 0.574. The highest BCUT2D eigenvalue weighted by molar-refractivity contribution is 5.14. The fourth-order valence-corrected chi connectivity index (χ4v) is 1.97. The lowest BCUT2D eigenvalue weighted by atomic mass is 9.86. The van der Waals surface area contributed by atoms with Gasteiger partial charge in [0.2, 0.25) is 0 Å². The molecule has 1 aliphatic rings. The van der Waals surface area contributed by atoms with Crippen LogP contribution in [0.3, 0.4) is 0 Å². The summed E-state index contributed by atoms with van der Waals surface area (Å²) in [6, 6.07) is 0. The molecule has 1 nitrogen and oxygen atoms in total. The Morgan fingerprint density at radius 1 is 1.25 bits per heavy atom. The second kappa shape index (κ2) is 5.38. The molecule has 0 aromatic rings. The van der Waals surface area contributed by atoms with Crippen molar-refractivity contribution in [2.45, 2.75) is 53.4 Å². The van der Waals surface area contributed by atoms with Gasteiger partial charge in [0, 0.05) is 6.42 Å². The van der Waals surface area contributed by atoms with E-state index in [9.17, 15) is 5.11 Å². The molecule has 0 unspecified atom stereocenters. The van der Waals surface area contributed by atoms with Gasteiger partial charge < -0.3 is 5.11 Å². The molecule has 1 N–H and O–H groups in total. The Morgan fingerprint density at radius 3 is 2.62 bits per heavy atom. The molecule has 0 aromatic carbocycles. The van der Waals surface area contributed by atoms with Crippen molar-refractivity contribution in [3.8, 4) is 0 Å². The monoisotopic (exact) mass is 220 g/mol. The zero-order chi connectivity index (χ0) is 12.2. The third kappa shape index (κ3) is 4.26. The van der Waals surface area contributed by atoms with E-state index in [0.717, 1.165) is 31.3 Å². The Morgan fingerprint density at radius 2 is 1.94 bits per heavy atom. The summed E-state index contributed by atoms with van der Waals surface area (Å²) in [6.45, 7) is 8.55. The van der Waals surface area contributed by atoms with E-state index >= 15 is 0 Å². The normalized spacial score (nSPS) is 32.4. The Bertz CT molecular complexity index is 329. The summed E-state index contributed by atoms with van der Waals surface area (Å²) in [6.07, 6.45) is 10.5. The maximum atomic E-state index is 10.0. The zero-order valence-electron chi connectivity index (χ0n) is 11.0. The Labute approximate surface area is 99.6 Å². The van der Waals surface area contributed by atoms with Crippen molar-refractivity contribution < 1.29 is 5.11 Å². The number of rotatable bonds is 0. The smallest absolute Gasteiger partial charge is 0.0920 e. The minimum absolute atomic E-state index is 0.0516. The average molecular weight is 220 g/mol. The van der Waals surface area contributed by atoms with E-state index in [-0.39, 0.29) is 5.41 Å². The molecule has 0 aromatic heterocycles. The number of allylic oxidation sites excluding steroid dienone is 6. The standard InChI is InChI=1S/C15H24O/c1-12-7-5-9-13(2)14(16)11-15(3,4)10-6-8-12/h6-7,10,16H,5,8-9,11H2,1-4H3/b10-6+,12-7+,14-13+. The lowest BCUT2D eigenvalue weighted by Crippen LogP contribution is -2.09. The second-order valence-corrected chi connectivity index (χ2v) is 5.59. The summed E-state index contributed by atoms with van der Waals surface area (Å²) in [5.74, 6) is 0.572. The third-order valence-corrected chi connectivity index (χ3v) is 3.14. The molecule has 0 aliphatic heterocycles. The van der Waals surface area contributed by atoms with Crippen molar-refractivity contribution in [3.05, 3.63) is 35.1 Å². The summed E-state index contributed by atoms with van der Waals surface area (Å²) in [5, 5.41) is 10.0. The number of hydrogen-bond acceptors (Lipinski definition) is 1. The lowest BCUT2D eigenvalue weighted by molar-refractivity contribution is 0.321. The molecule has 1 heteroatoms. The summed E-state index contributed by atoms with van der Waals surface area (Å²) >= 11 is 0. The van der Waals surface area contributed by atoms with Crippen LogP contribution in [0.1, 0.15) is 53.4 Å². The summed E-state index contributed by atoms with van der Waals surface area (Å²) in [7, 11) is 0. The minimum atomic E-state index is 0.0516. The Hall–Kier alpha value is -0.980. The van der Waals surface area contributed by atoms with Gasteiger partial charge in [0.15, 0.2) is 0 Å². The van der Waals surface area contributed by atoms with E-state index in [1.165, 1.54) is 5.57 Å². The first kappa shape index (κ1) is 13.1. The van der Waals surface area contributed by atoms with Gasteiger partial charge in [0.25, 0.3) is 0 Å². The van der Waals surface area contributed by atoms with Crippen LogP contribution in [0, 0.1) is 5.41 Å². The molecule has 0 amide bonds. The molecule has 0 fully saturated rings. The van der Waals surface area contributed by atoms with Crippen LogP contribution in [0.4, 0.5) is 0 Å². The van der Waals surface area contributed by atoms with Gasteiger partial charge in [-0.1, -0.05) is 37.6 Å². The van der Waals surface area contributed by atoms with E-state index in [2.05, 4.69) is 39.0 Å². The van der Waals surface area contributed by atoms with Crippen LogP contribution in [0.5, 0.6) is 0 Å². The molecule has 0 spiro atoms. The fourth-order valence-electron chi connectivity index (χ4n) is 1.97. The summed E-state index contributed by atoms with van der Waals surface area (Å²) in [5.41, 5.74) is 2.60. The molecule has 90 valence electrons. The van der Waals surface area contributed by atoms with Crippen molar-refractivity contribution in [1.82, 2.24) is 0 Å². The zero-order valence-corrected chi connectivity index (χ0v) is 11.0. The van der Waals surface area contributed by atoms with Crippen molar-refractivity contribution in [2.24, 2.45) is 5.41 Å². The van der Waals surface area contributed by atoms with Crippen LogP contribution in [0.25, 0.3) is 0 Å². The topological polar surface area (TPSA) is 20.2 Å². The molecule has 0 bridgehead atoms. The average Bonchev–Trinajstić information content (AvgIpc) is 2.16. The molecule has 0 saturated heterocycles. The predicted molar refractivity (Wildman–Crippen MR) is 70.5 cm³/mol. The molecule has 0 heterocycles. The van der Waals surface area contributed by atoms with E-state index in [4.69, 9.17) is 0 Å². The second-order valence-electron chi connectivity index (χ2n) is 5.59. The van der Waals surface area contributed by atoms with Gasteiger partial charge in [-0.3, -0.25) is 0 Å². The first-order chi connectivity index (χ1) is 7.41. The maximum Gasteiger partial charge on any atom is 0.0920 e. The molecular formula is C15H24O. The molecule has 1 aliphatic carbocycles. The van der Waals surface area contributed by atoms with Crippen LogP contribution in [0.2, 0.25) is 0 Å². The molecule has 16 heavy (non-hydrogen) atoms. The van der Waals surface area contributed by atoms with Gasteiger partial charge in [-0.05, 0) is 44.1 Å². The molecule has 0 radical (unpaired) electrons. The first-order valence-corrected chi connectivity index (χ1v) is 6.12. The van der Waals surface area contributed by atoms with E-state index in [1.54, 1.807) is 0 Å². The van der Waals surface area contributed by atoms with E-state index in [0.29, 0.717) is 5.76 Å². The van der Waals surface area contributed by atoms with E-state index < -0.39 is 0 Å². The highest BCUT2D eigenvalue weighted by atomic mass is 16.3. The molecule has 0 atom stereocenters. The van der Waals surface area contributed by atoms with Crippen molar-refractivity contribution in [3.63, 3.8) is 0 Å². The molecular weight excluding hydrogens is 196 g/mol. The van der Waals surface area contributed by atoms with E-state index in [1.807, 2.05) is 6.92 Å². The van der Waals surface area contributed by atoms with Gasteiger partial charge in [-0.15, -0.1) is 0 Å². The largest absolute Gasteiger partial charge is 0.512 e. The van der Waals surface area contributed by atoms with Crippen LogP contribution in [-0.4, -0.2) is 5.11 Å². The van der Waals surface area contributed by atoms with Crippen molar-refractivity contribution in [2.75, 3.05) is 0 Å². The minimum Gasteiger partial charge on any atom is -0.512 e. The Balaban J connectivity index is 2.92. The Kier molecular flexibility index (Phi) is 4.40. The molecule has 0 saturated carbocycles.